The minimum Gasteiger partial charge on any atom is -0.481 e. The van der Waals surface area contributed by atoms with Crippen LogP contribution < -0.4 is 10.6 Å². The number of carbonyl (C=O) groups excluding carboxylic acids is 2. The van der Waals surface area contributed by atoms with Crippen LogP contribution in [0, 0.1) is 5.92 Å². The largest absolute Gasteiger partial charge is 0.481 e. The quantitative estimate of drug-likeness (QED) is 0.696. The van der Waals surface area contributed by atoms with Gasteiger partial charge in [0.15, 0.2) is 0 Å². The summed E-state index contributed by atoms with van der Waals surface area (Å²) in [6.07, 6.45) is 2.68. The molecular formula is C16H21N3O5. The van der Waals surface area contributed by atoms with Crippen molar-refractivity contribution < 1.29 is 23.9 Å². The number of carboxylic acid groups (broad SMARTS) is 1. The lowest BCUT2D eigenvalue weighted by Crippen LogP contribution is -2.56. The molecule has 1 aromatic rings. The summed E-state index contributed by atoms with van der Waals surface area (Å²) in [5.41, 5.74) is -0.663. The van der Waals surface area contributed by atoms with Crippen LogP contribution in [0.3, 0.4) is 0 Å². The van der Waals surface area contributed by atoms with Gasteiger partial charge in [-0.05, 0) is 25.0 Å². The second kappa shape index (κ2) is 6.64. The molecule has 0 unspecified atom stereocenters. The van der Waals surface area contributed by atoms with Gasteiger partial charge in [-0.15, -0.1) is 0 Å². The number of nitrogens with zero attached hydrogens (tertiary/aromatic N) is 1. The molecule has 1 aromatic heterocycles. The highest BCUT2D eigenvalue weighted by molar-refractivity contribution is 5.88. The number of furan rings is 1. The average molecular weight is 335 g/mol. The van der Waals surface area contributed by atoms with Crippen LogP contribution in [-0.4, -0.2) is 53.0 Å². The lowest BCUT2D eigenvalue weighted by atomic mass is 9.78. The first-order chi connectivity index (χ1) is 11.5. The van der Waals surface area contributed by atoms with Crippen molar-refractivity contribution in [2.75, 3.05) is 19.6 Å². The Hall–Kier alpha value is -2.35. The van der Waals surface area contributed by atoms with E-state index in [-0.39, 0.29) is 24.8 Å². The summed E-state index contributed by atoms with van der Waals surface area (Å²) < 4.78 is 5.16. The lowest BCUT2D eigenvalue weighted by molar-refractivity contribution is -0.145. The molecule has 0 saturated carbocycles. The van der Waals surface area contributed by atoms with Crippen LogP contribution in [0.2, 0.25) is 0 Å². The lowest BCUT2D eigenvalue weighted by Gasteiger charge is -2.41. The first-order valence-corrected chi connectivity index (χ1v) is 8.04. The summed E-state index contributed by atoms with van der Waals surface area (Å²) in [4.78, 5) is 37.0. The van der Waals surface area contributed by atoms with Crippen LogP contribution in [0.1, 0.15) is 25.0 Å². The van der Waals surface area contributed by atoms with Crippen LogP contribution in [0.25, 0.3) is 0 Å². The molecule has 8 nitrogen and oxygen atoms in total. The van der Waals surface area contributed by atoms with Gasteiger partial charge in [0.05, 0.1) is 30.8 Å². The van der Waals surface area contributed by atoms with Crippen molar-refractivity contribution in [3.05, 3.63) is 24.2 Å². The van der Waals surface area contributed by atoms with Crippen molar-refractivity contribution in [3.8, 4) is 0 Å². The standard InChI is InChI=1S/C16H21N3O5/c20-13-8-12(15(22)23)16(18-13)3-5-19(6-4-16)10-14(21)17-9-11-2-1-7-24-11/h1-2,7,12H,3-6,8-10H2,(H,17,21)(H,18,20)(H,22,23)/t12-/m1/s1. The summed E-state index contributed by atoms with van der Waals surface area (Å²) >= 11 is 0. The zero-order valence-corrected chi connectivity index (χ0v) is 13.3. The van der Waals surface area contributed by atoms with Gasteiger partial charge in [0.2, 0.25) is 11.8 Å². The molecule has 2 aliphatic rings. The molecule has 3 rings (SSSR count). The molecule has 130 valence electrons. The van der Waals surface area contributed by atoms with Crippen LogP contribution >= 0.6 is 0 Å². The van der Waals surface area contributed by atoms with Gasteiger partial charge in [0, 0.05) is 19.5 Å². The molecule has 3 heterocycles. The Morgan fingerprint density at radius 3 is 2.79 bits per heavy atom. The smallest absolute Gasteiger partial charge is 0.309 e. The van der Waals surface area contributed by atoms with E-state index in [1.807, 2.05) is 4.90 Å². The van der Waals surface area contributed by atoms with Crippen molar-refractivity contribution >= 4 is 17.8 Å². The number of hydrogen-bond acceptors (Lipinski definition) is 5. The number of rotatable bonds is 5. The van der Waals surface area contributed by atoms with Gasteiger partial charge in [-0.3, -0.25) is 19.3 Å². The van der Waals surface area contributed by atoms with Gasteiger partial charge >= 0.3 is 5.97 Å². The van der Waals surface area contributed by atoms with Crippen molar-refractivity contribution in [2.45, 2.75) is 31.3 Å². The molecule has 24 heavy (non-hydrogen) atoms. The maximum absolute atomic E-state index is 12.0. The van der Waals surface area contributed by atoms with Crippen LogP contribution in [0.4, 0.5) is 0 Å². The van der Waals surface area contributed by atoms with E-state index in [2.05, 4.69) is 10.6 Å². The third-order valence-corrected chi connectivity index (χ3v) is 4.90. The highest BCUT2D eigenvalue weighted by Crippen LogP contribution is 2.36. The van der Waals surface area contributed by atoms with E-state index in [0.29, 0.717) is 38.2 Å². The van der Waals surface area contributed by atoms with Gasteiger partial charge in [0.1, 0.15) is 5.76 Å². The summed E-state index contributed by atoms with van der Waals surface area (Å²) in [7, 11) is 0. The maximum atomic E-state index is 12.0. The van der Waals surface area contributed by atoms with E-state index < -0.39 is 17.4 Å². The Morgan fingerprint density at radius 1 is 1.42 bits per heavy atom. The number of nitrogens with one attached hydrogen (secondary N) is 2. The highest BCUT2D eigenvalue weighted by Gasteiger charge is 2.51. The summed E-state index contributed by atoms with van der Waals surface area (Å²) in [5.74, 6) is -1.23. The molecule has 0 bridgehead atoms. The fraction of sp³-hybridized carbons (Fsp3) is 0.562. The van der Waals surface area contributed by atoms with Gasteiger partial charge in [-0.2, -0.15) is 0 Å². The van der Waals surface area contributed by atoms with Crippen molar-refractivity contribution in [2.24, 2.45) is 5.92 Å². The SMILES string of the molecule is O=C(CN1CCC2(CC1)NC(=O)C[C@@H]2C(=O)O)NCc1ccco1. The summed E-state index contributed by atoms with van der Waals surface area (Å²) in [6, 6.07) is 3.56. The van der Waals surface area contributed by atoms with E-state index in [1.165, 1.54) is 0 Å². The Morgan fingerprint density at radius 2 is 2.17 bits per heavy atom. The molecule has 1 spiro atoms. The topological polar surface area (TPSA) is 112 Å². The van der Waals surface area contributed by atoms with Crippen molar-refractivity contribution in [1.29, 1.82) is 0 Å². The molecule has 3 N–H and O–H groups in total. The van der Waals surface area contributed by atoms with Gasteiger partial charge in [-0.1, -0.05) is 0 Å². The molecule has 2 aliphatic heterocycles. The Kier molecular flexibility index (Phi) is 4.57. The molecule has 2 amide bonds. The minimum absolute atomic E-state index is 0.0406. The number of hydrogen-bond donors (Lipinski definition) is 3. The fourth-order valence-electron chi connectivity index (χ4n) is 3.56. The van der Waals surface area contributed by atoms with Crippen LogP contribution in [-0.2, 0) is 20.9 Å². The van der Waals surface area contributed by atoms with Crippen LogP contribution in [0.5, 0.6) is 0 Å². The number of carbonyl (C=O) groups is 3. The highest BCUT2D eigenvalue weighted by atomic mass is 16.4. The summed E-state index contributed by atoms with van der Waals surface area (Å²) in [6.45, 7) is 1.76. The third kappa shape index (κ3) is 3.43. The number of carboxylic acids is 1. The first kappa shape index (κ1) is 16.5. The molecular weight excluding hydrogens is 314 g/mol. The molecule has 2 saturated heterocycles. The Bertz CT molecular complexity index is 620. The van der Waals surface area contributed by atoms with E-state index in [0.717, 1.165) is 0 Å². The zero-order valence-electron chi connectivity index (χ0n) is 13.3. The number of piperidine rings is 1. The minimum atomic E-state index is -0.932. The monoisotopic (exact) mass is 335 g/mol. The number of likely N-dealkylation sites (tertiary alicyclic amines) is 1. The third-order valence-electron chi connectivity index (χ3n) is 4.90. The predicted molar refractivity (Wildman–Crippen MR) is 82.8 cm³/mol. The van der Waals surface area contributed by atoms with Gasteiger partial charge in [-0.25, -0.2) is 0 Å². The van der Waals surface area contributed by atoms with Crippen molar-refractivity contribution in [1.82, 2.24) is 15.5 Å². The molecule has 0 radical (unpaired) electrons. The zero-order chi connectivity index (χ0) is 17.2. The second-order valence-corrected chi connectivity index (χ2v) is 6.43. The van der Waals surface area contributed by atoms with E-state index >= 15 is 0 Å². The molecule has 0 aromatic carbocycles. The Balaban J connectivity index is 1.49. The van der Waals surface area contributed by atoms with E-state index in [4.69, 9.17) is 4.42 Å². The molecule has 2 fully saturated rings. The number of aliphatic carboxylic acids is 1. The van der Waals surface area contributed by atoms with Crippen molar-refractivity contribution in [3.63, 3.8) is 0 Å². The average Bonchev–Trinajstić information content (AvgIpc) is 3.16. The van der Waals surface area contributed by atoms with E-state index in [9.17, 15) is 19.5 Å². The van der Waals surface area contributed by atoms with Gasteiger partial charge < -0.3 is 20.2 Å². The first-order valence-electron chi connectivity index (χ1n) is 8.04. The normalized spacial score (nSPS) is 23.2. The number of amides is 2. The predicted octanol–water partition coefficient (Wildman–Crippen LogP) is -0.0489. The van der Waals surface area contributed by atoms with Gasteiger partial charge in [0.25, 0.3) is 0 Å². The maximum Gasteiger partial charge on any atom is 0.309 e. The van der Waals surface area contributed by atoms with Crippen LogP contribution in [0.15, 0.2) is 22.8 Å². The fourth-order valence-corrected chi connectivity index (χ4v) is 3.56. The molecule has 1 atom stereocenters. The molecule has 8 heteroatoms. The molecule has 0 aliphatic carbocycles. The second-order valence-electron chi connectivity index (χ2n) is 6.43. The van der Waals surface area contributed by atoms with E-state index in [1.54, 1.807) is 18.4 Å². The summed E-state index contributed by atoms with van der Waals surface area (Å²) in [5, 5.41) is 15.0. The Labute approximate surface area is 139 Å².